The average molecular weight is 264 g/mol. The highest BCUT2D eigenvalue weighted by Gasteiger charge is 2.16. The highest BCUT2D eigenvalue weighted by molar-refractivity contribution is 5.89. The molecule has 0 radical (unpaired) electrons. The van der Waals surface area contributed by atoms with Crippen LogP contribution >= 0.6 is 0 Å². The first-order chi connectivity index (χ1) is 8.91. The Morgan fingerprint density at radius 2 is 1.79 bits per heavy atom. The number of hydrogen-bond acceptors (Lipinski definition) is 2. The van der Waals surface area contributed by atoms with Crippen LogP contribution in [0.1, 0.15) is 30.6 Å². The maximum atomic E-state index is 11.8. The first kappa shape index (κ1) is 15.7. The fourth-order valence-electron chi connectivity index (χ4n) is 1.76. The number of likely N-dealkylation sites (N-methyl/N-ethyl adjacent to an activating group) is 1. The SMILES string of the molecule is CC(C)CC[N+](C)(C)CCOC(=O)c1ccccc1. The minimum absolute atomic E-state index is 0.232. The standard InChI is InChI=1S/C16H26NO2/c1-14(2)10-11-17(3,4)12-13-19-16(18)15-8-6-5-7-9-15/h5-9,14H,10-13H2,1-4H3/q+1. The van der Waals surface area contributed by atoms with Crippen LogP contribution in [0.3, 0.4) is 0 Å². The fourth-order valence-corrected chi connectivity index (χ4v) is 1.76. The molecule has 0 atom stereocenters. The highest BCUT2D eigenvalue weighted by atomic mass is 16.5. The van der Waals surface area contributed by atoms with Crippen molar-refractivity contribution >= 4 is 5.97 Å². The van der Waals surface area contributed by atoms with Crippen molar-refractivity contribution in [3.05, 3.63) is 35.9 Å². The molecular weight excluding hydrogens is 238 g/mol. The van der Waals surface area contributed by atoms with Crippen LogP contribution in [0, 0.1) is 5.92 Å². The third-order valence-corrected chi connectivity index (χ3v) is 3.25. The number of carbonyl (C=O) groups is 1. The van der Waals surface area contributed by atoms with Crippen LogP contribution in [0.15, 0.2) is 30.3 Å². The minimum Gasteiger partial charge on any atom is -0.456 e. The molecule has 106 valence electrons. The van der Waals surface area contributed by atoms with Crippen LogP contribution < -0.4 is 0 Å². The van der Waals surface area contributed by atoms with Gasteiger partial charge >= 0.3 is 5.97 Å². The van der Waals surface area contributed by atoms with Crippen LogP contribution in [-0.2, 0) is 4.74 Å². The monoisotopic (exact) mass is 264 g/mol. The van der Waals surface area contributed by atoms with E-state index in [1.807, 2.05) is 18.2 Å². The molecule has 0 fully saturated rings. The number of benzene rings is 1. The lowest BCUT2D eigenvalue weighted by molar-refractivity contribution is -0.891. The smallest absolute Gasteiger partial charge is 0.338 e. The topological polar surface area (TPSA) is 26.3 Å². The van der Waals surface area contributed by atoms with Gasteiger partial charge in [-0.15, -0.1) is 0 Å². The maximum Gasteiger partial charge on any atom is 0.338 e. The lowest BCUT2D eigenvalue weighted by Gasteiger charge is -2.30. The Morgan fingerprint density at radius 1 is 1.16 bits per heavy atom. The van der Waals surface area contributed by atoms with Crippen molar-refractivity contribution in [1.29, 1.82) is 0 Å². The molecule has 3 nitrogen and oxygen atoms in total. The quantitative estimate of drug-likeness (QED) is 0.559. The van der Waals surface area contributed by atoms with Gasteiger partial charge in [0.1, 0.15) is 13.2 Å². The summed E-state index contributed by atoms with van der Waals surface area (Å²) in [5.74, 6) is 0.480. The van der Waals surface area contributed by atoms with Crippen molar-refractivity contribution < 1.29 is 14.0 Å². The van der Waals surface area contributed by atoms with E-state index in [1.165, 1.54) is 6.42 Å². The molecule has 0 amide bonds. The van der Waals surface area contributed by atoms with E-state index in [0.717, 1.165) is 17.6 Å². The van der Waals surface area contributed by atoms with E-state index >= 15 is 0 Å². The number of rotatable bonds is 7. The maximum absolute atomic E-state index is 11.8. The number of nitrogens with zero attached hydrogens (tertiary/aromatic N) is 1. The molecule has 0 N–H and O–H groups in total. The van der Waals surface area contributed by atoms with Crippen molar-refractivity contribution in [3.8, 4) is 0 Å². The van der Waals surface area contributed by atoms with Gasteiger partial charge in [-0.05, 0) is 24.5 Å². The third-order valence-electron chi connectivity index (χ3n) is 3.25. The second-order valence-electron chi connectivity index (χ2n) is 6.07. The van der Waals surface area contributed by atoms with Gasteiger partial charge in [0.15, 0.2) is 0 Å². The van der Waals surface area contributed by atoms with Gasteiger partial charge in [-0.3, -0.25) is 0 Å². The zero-order valence-electron chi connectivity index (χ0n) is 12.6. The van der Waals surface area contributed by atoms with E-state index in [9.17, 15) is 4.79 Å². The molecule has 1 rings (SSSR count). The largest absolute Gasteiger partial charge is 0.456 e. The summed E-state index contributed by atoms with van der Waals surface area (Å²) in [6.07, 6.45) is 1.19. The van der Waals surface area contributed by atoms with Crippen molar-refractivity contribution in [2.75, 3.05) is 33.8 Å². The molecule has 0 saturated carbocycles. The Labute approximate surface area is 116 Å². The number of esters is 1. The summed E-state index contributed by atoms with van der Waals surface area (Å²) in [6, 6.07) is 9.14. The van der Waals surface area contributed by atoms with Crippen molar-refractivity contribution in [1.82, 2.24) is 0 Å². The molecule has 0 aromatic heterocycles. The molecule has 0 unspecified atom stereocenters. The molecule has 1 aromatic rings. The second-order valence-corrected chi connectivity index (χ2v) is 6.07. The molecule has 0 aliphatic heterocycles. The second kappa shape index (κ2) is 7.29. The Kier molecular flexibility index (Phi) is 6.03. The van der Waals surface area contributed by atoms with E-state index in [1.54, 1.807) is 12.1 Å². The van der Waals surface area contributed by atoms with E-state index < -0.39 is 0 Å². The average Bonchev–Trinajstić information content (AvgIpc) is 2.37. The van der Waals surface area contributed by atoms with Crippen molar-refractivity contribution in [2.45, 2.75) is 20.3 Å². The number of quaternary nitrogens is 1. The zero-order chi connectivity index (χ0) is 14.3. The van der Waals surface area contributed by atoms with Gasteiger partial charge in [0.25, 0.3) is 0 Å². The Bertz CT molecular complexity index is 385. The molecule has 3 heteroatoms. The zero-order valence-corrected chi connectivity index (χ0v) is 12.6. The number of carbonyl (C=O) groups excluding carboxylic acids is 1. The normalized spacial score (nSPS) is 11.6. The van der Waals surface area contributed by atoms with Gasteiger partial charge in [-0.2, -0.15) is 0 Å². The number of ether oxygens (including phenoxy) is 1. The van der Waals surface area contributed by atoms with Gasteiger partial charge in [-0.25, -0.2) is 4.79 Å². The van der Waals surface area contributed by atoms with Crippen LogP contribution in [0.4, 0.5) is 0 Å². The lowest BCUT2D eigenvalue weighted by Crippen LogP contribution is -2.43. The Balaban J connectivity index is 2.31. The van der Waals surface area contributed by atoms with Crippen LogP contribution in [0.2, 0.25) is 0 Å². The van der Waals surface area contributed by atoms with Gasteiger partial charge in [-0.1, -0.05) is 32.0 Å². The molecule has 0 aliphatic rings. The van der Waals surface area contributed by atoms with E-state index in [-0.39, 0.29) is 5.97 Å². The Morgan fingerprint density at radius 3 is 2.37 bits per heavy atom. The highest BCUT2D eigenvalue weighted by Crippen LogP contribution is 2.07. The Hall–Kier alpha value is -1.35. The number of hydrogen-bond donors (Lipinski definition) is 0. The van der Waals surface area contributed by atoms with E-state index in [0.29, 0.717) is 18.1 Å². The molecular formula is C16H26NO2+. The van der Waals surface area contributed by atoms with Crippen LogP contribution in [-0.4, -0.2) is 44.2 Å². The predicted octanol–water partition coefficient (Wildman–Crippen LogP) is 2.97. The molecule has 0 saturated heterocycles. The lowest BCUT2D eigenvalue weighted by atomic mass is 10.1. The summed E-state index contributed by atoms with van der Waals surface area (Å²) >= 11 is 0. The molecule has 0 aliphatic carbocycles. The van der Waals surface area contributed by atoms with Crippen molar-refractivity contribution in [2.24, 2.45) is 5.92 Å². The van der Waals surface area contributed by atoms with E-state index in [4.69, 9.17) is 4.74 Å². The van der Waals surface area contributed by atoms with E-state index in [2.05, 4.69) is 27.9 Å². The fraction of sp³-hybridized carbons (Fsp3) is 0.562. The van der Waals surface area contributed by atoms with Crippen LogP contribution in [0.25, 0.3) is 0 Å². The molecule has 1 aromatic carbocycles. The summed E-state index contributed by atoms with van der Waals surface area (Å²) in [7, 11) is 4.36. The third kappa shape index (κ3) is 6.39. The molecule has 0 spiro atoms. The van der Waals surface area contributed by atoms with Gasteiger partial charge in [0.05, 0.1) is 26.2 Å². The van der Waals surface area contributed by atoms with Gasteiger partial charge in [0.2, 0.25) is 0 Å². The van der Waals surface area contributed by atoms with Crippen molar-refractivity contribution in [3.63, 3.8) is 0 Å². The predicted molar refractivity (Wildman–Crippen MR) is 78.0 cm³/mol. The molecule has 19 heavy (non-hydrogen) atoms. The summed E-state index contributed by atoms with van der Waals surface area (Å²) in [5, 5.41) is 0. The molecule has 0 bridgehead atoms. The summed E-state index contributed by atoms with van der Waals surface area (Å²) in [4.78, 5) is 11.8. The van der Waals surface area contributed by atoms with Crippen LogP contribution in [0.5, 0.6) is 0 Å². The minimum atomic E-state index is -0.232. The summed E-state index contributed by atoms with van der Waals surface area (Å²) in [5.41, 5.74) is 0.620. The molecule has 0 heterocycles. The summed E-state index contributed by atoms with van der Waals surface area (Å²) < 4.78 is 6.21. The summed E-state index contributed by atoms with van der Waals surface area (Å²) in [6.45, 7) is 6.90. The van der Waals surface area contributed by atoms with Gasteiger partial charge < -0.3 is 9.22 Å². The first-order valence-electron chi connectivity index (χ1n) is 6.95. The van der Waals surface area contributed by atoms with Gasteiger partial charge in [0, 0.05) is 0 Å². The first-order valence-corrected chi connectivity index (χ1v) is 6.95.